The maximum absolute atomic E-state index is 5.91. The van der Waals surface area contributed by atoms with Crippen molar-refractivity contribution in [2.45, 2.75) is 65.5 Å². The SMILES string of the molecule is CCC(C)(C)C1CCC(NCc2ccc(Cl)cc2)CC1. The molecule has 0 amide bonds. The van der Waals surface area contributed by atoms with Crippen LogP contribution in [-0.2, 0) is 6.54 Å². The fourth-order valence-corrected chi connectivity index (χ4v) is 3.36. The van der Waals surface area contributed by atoms with Gasteiger partial charge in [0, 0.05) is 17.6 Å². The zero-order valence-corrected chi connectivity index (χ0v) is 13.8. The van der Waals surface area contributed by atoms with E-state index in [1.807, 2.05) is 12.1 Å². The molecule has 1 aromatic carbocycles. The van der Waals surface area contributed by atoms with E-state index in [2.05, 4.69) is 38.2 Å². The summed E-state index contributed by atoms with van der Waals surface area (Å²) in [4.78, 5) is 0. The lowest BCUT2D eigenvalue weighted by molar-refractivity contribution is 0.137. The van der Waals surface area contributed by atoms with Gasteiger partial charge in [0.15, 0.2) is 0 Å². The molecule has 0 unspecified atom stereocenters. The Balaban J connectivity index is 1.76. The Kier molecular flexibility index (Phi) is 5.51. The Morgan fingerprint density at radius 1 is 1.10 bits per heavy atom. The number of rotatable bonds is 5. The molecule has 0 aromatic heterocycles. The topological polar surface area (TPSA) is 12.0 Å². The van der Waals surface area contributed by atoms with Crippen LogP contribution >= 0.6 is 11.6 Å². The third-order valence-electron chi connectivity index (χ3n) is 5.25. The molecule has 1 fully saturated rings. The van der Waals surface area contributed by atoms with Gasteiger partial charge in [-0.15, -0.1) is 0 Å². The molecule has 0 radical (unpaired) electrons. The molecular formula is C18H28ClN. The van der Waals surface area contributed by atoms with Crippen molar-refractivity contribution in [2.24, 2.45) is 11.3 Å². The molecule has 0 bridgehead atoms. The maximum Gasteiger partial charge on any atom is 0.0406 e. The average Bonchev–Trinajstić information content (AvgIpc) is 2.47. The lowest BCUT2D eigenvalue weighted by Gasteiger charge is -2.39. The number of nitrogens with one attached hydrogen (secondary N) is 1. The van der Waals surface area contributed by atoms with Crippen LogP contribution in [0.1, 0.15) is 58.4 Å². The van der Waals surface area contributed by atoms with Gasteiger partial charge in [-0.3, -0.25) is 0 Å². The maximum atomic E-state index is 5.91. The van der Waals surface area contributed by atoms with Crippen LogP contribution in [-0.4, -0.2) is 6.04 Å². The van der Waals surface area contributed by atoms with Crippen molar-refractivity contribution in [3.05, 3.63) is 34.9 Å². The van der Waals surface area contributed by atoms with Gasteiger partial charge in [0.1, 0.15) is 0 Å². The Labute approximate surface area is 129 Å². The van der Waals surface area contributed by atoms with Crippen LogP contribution in [0.25, 0.3) is 0 Å². The summed E-state index contributed by atoms with van der Waals surface area (Å²) in [5.41, 5.74) is 1.84. The van der Waals surface area contributed by atoms with Crippen LogP contribution in [0.4, 0.5) is 0 Å². The Bertz CT molecular complexity index is 402. The molecule has 1 saturated carbocycles. The first kappa shape index (κ1) is 15.9. The third-order valence-corrected chi connectivity index (χ3v) is 5.50. The Hall–Kier alpha value is -0.530. The minimum Gasteiger partial charge on any atom is -0.310 e. The minimum atomic E-state index is 0.515. The van der Waals surface area contributed by atoms with Crippen molar-refractivity contribution in [3.63, 3.8) is 0 Å². The normalized spacial score (nSPS) is 23.8. The summed E-state index contributed by atoms with van der Waals surface area (Å²) in [6.45, 7) is 8.15. The second kappa shape index (κ2) is 6.95. The van der Waals surface area contributed by atoms with E-state index in [0.29, 0.717) is 11.5 Å². The predicted octanol–water partition coefficient (Wildman–Crippen LogP) is 5.42. The van der Waals surface area contributed by atoms with E-state index < -0.39 is 0 Å². The quantitative estimate of drug-likeness (QED) is 0.764. The van der Waals surface area contributed by atoms with Gasteiger partial charge in [0.05, 0.1) is 0 Å². The summed E-state index contributed by atoms with van der Waals surface area (Å²) in [6.07, 6.45) is 6.68. The fraction of sp³-hybridized carbons (Fsp3) is 0.667. The van der Waals surface area contributed by atoms with Crippen LogP contribution in [0.2, 0.25) is 5.02 Å². The van der Waals surface area contributed by atoms with Gasteiger partial charge < -0.3 is 5.32 Å². The highest BCUT2D eigenvalue weighted by atomic mass is 35.5. The molecular weight excluding hydrogens is 266 g/mol. The standard InChI is InChI=1S/C18H28ClN/c1-4-18(2,3)15-7-11-17(12-8-15)20-13-14-5-9-16(19)10-6-14/h5-6,9-10,15,17,20H,4,7-8,11-13H2,1-3H3. The number of halogens is 1. The second-order valence-corrected chi connectivity index (χ2v) is 7.33. The van der Waals surface area contributed by atoms with E-state index in [1.165, 1.54) is 37.7 Å². The molecule has 0 spiro atoms. The Morgan fingerprint density at radius 3 is 2.25 bits per heavy atom. The van der Waals surface area contributed by atoms with Crippen LogP contribution in [0.3, 0.4) is 0 Å². The van der Waals surface area contributed by atoms with Gasteiger partial charge in [0.25, 0.3) is 0 Å². The van der Waals surface area contributed by atoms with Crippen LogP contribution in [0, 0.1) is 11.3 Å². The highest BCUT2D eigenvalue weighted by Gasteiger charge is 2.31. The van der Waals surface area contributed by atoms with Crippen molar-refractivity contribution >= 4 is 11.6 Å². The molecule has 1 aromatic rings. The molecule has 20 heavy (non-hydrogen) atoms. The summed E-state index contributed by atoms with van der Waals surface area (Å²) in [5, 5.41) is 4.52. The van der Waals surface area contributed by atoms with Crippen LogP contribution < -0.4 is 5.32 Å². The van der Waals surface area contributed by atoms with Gasteiger partial charge in [0.2, 0.25) is 0 Å². The second-order valence-electron chi connectivity index (χ2n) is 6.90. The largest absolute Gasteiger partial charge is 0.310 e. The summed E-state index contributed by atoms with van der Waals surface area (Å²) in [7, 11) is 0. The molecule has 0 aliphatic heterocycles. The van der Waals surface area contributed by atoms with E-state index >= 15 is 0 Å². The fourth-order valence-electron chi connectivity index (χ4n) is 3.23. The molecule has 1 N–H and O–H groups in total. The van der Waals surface area contributed by atoms with E-state index in [9.17, 15) is 0 Å². The first-order chi connectivity index (χ1) is 9.51. The molecule has 1 nitrogen and oxygen atoms in total. The van der Waals surface area contributed by atoms with Crippen molar-refractivity contribution in [1.29, 1.82) is 0 Å². The summed E-state index contributed by atoms with van der Waals surface area (Å²) < 4.78 is 0. The van der Waals surface area contributed by atoms with Crippen LogP contribution in [0.5, 0.6) is 0 Å². The first-order valence-corrected chi connectivity index (χ1v) is 8.37. The predicted molar refractivity (Wildman–Crippen MR) is 88.1 cm³/mol. The zero-order valence-electron chi connectivity index (χ0n) is 13.1. The molecule has 0 saturated heterocycles. The van der Waals surface area contributed by atoms with Crippen molar-refractivity contribution in [3.8, 4) is 0 Å². The summed E-state index contributed by atoms with van der Waals surface area (Å²) in [5.74, 6) is 0.904. The van der Waals surface area contributed by atoms with Gasteiger partial charge in [-0.25, -0.2) is 0 Å². The summed E-state index contributed by atoms with van der Waals surface area (Å²) in [6, 6.07) is 8.86. The van der Waals surface area contributed by atoms with E-state index in [4.69, 9.17) is 11.6 Å². The molecule has 1 aliphatic carbocycles. The number of hydrogen-bond donors (Lipinski definition) is 1. The first-order valence-electron chi connectivity index (χ1n) is 7.99. The molecule has 0 heterocycles. The van der Waals surface area contributed by atoms with Crippen molar-refractivity contribution in [2.75, 3.05) is 0 Å². The number of hydrogen-bond acceptors (Lipinski definition) is 1. The number of benzene rings is 1. The van der Waals surface area contributed by atoms with Crippen molar-refractivity contribution in [1.82, 2.24) is 5.32 Å². The monoisotopic (exact) mass is 293 g/mol. The smallest absolute Gasteiger partial charge is 0.0406 e. The van der Waals surface area contributed by atoms with Gasteiger partial charge in [-0.1, -0.05) is 50.9 Å². The van der Waals surface area contributed by atoms with Crippen molar-refractivity contribution < 1.29 is 0 Å². The van der Waals surface area contributed by atoms with E-state index in [-0.39, 0.29) is 0 Å². The van der Waals surface area contributed by atoms with Gasteiger partial charge in [-0.2, -0.15) is 0 Å². The molecule has 112 valence electrons. The highest BCUT2D eigenvalue weighted by Crippen LogP contribution is 2.40. The van der Waals surface area contributed by atoms with Gasteiger partial charge >= 0.3 is 0 Å². The van der Waals surface area contributed by atoms with E-state index in [0.717, 1.165) is 17.5 Å². The zero-order chi connectivity index (χ0) is 14.6. The van der Waals surface area contributed by atoms with Crippen LogP contribution in [0.15, 0.2) is 24.3 Å². The molecule has 1 aliphatic rings. The molecule has 2 rings (SSSR count). The highest BCUT2D eigenvalue weighted by molar-refractivity contribution is 6.30. The lowest BCUT2D eigenvalue weighted by Crippen LogP contribution is -2.36. The third kappa shape index (κ3) is 4.23. The summed E-state index contributed by atoms with van der Waals surface area (Å²) >= 11 is 5.91. The lowest BCUT2D eigenvalue weighted by atomic mass is 9.69. The Morgan fingerprint density at radius 2 is 1.70 bits per heavy atom. The minimum absolute atomic E-state index is 0.515. The molecule has 0 atom stereocenters. The van der Waals surface area contributed by atoms with Gasteiger partial charge in [-0.05, 0) is 54.7 Å². The molecule has 2 heteroatoms. The van der Waals surface area contributed by atoms with E-state index in [1.54, 1.807) is 0 Å². The average molecular weight is 294 g/mol.